The number of aromatic amines is 1. The summed E-state index contributed by atoms with van der Waals surface area (Å²) in [6, 6.07) is 9.18. The quantitative estimate of drug-likeness (QED) is 0.636. The predicted octanol–water partition coefficient (Wildman–Crippen LogP) is 3.47. The van der Waals surface area contributed by atoms with Crippen LogP contribution in [0.3, 0.4) is 0 Å². The molecule has 0 spiro atoms. The Labute approximate surface area is 180 Å². The molecule has 1 amide bonds. The summed E-state index contributed by atoms with van der Waals surface area (Å²) in [7, 11) is 0. The number of aromatic nitrogens is 3. The Morgan fingerprint density at radius 1 is 1.29 bits per heavy atom. The molecule has 2 fully saturated rings. The van der Waals surface area contributed by atoms with Gasteiger partial charge in [0.15, 0.2) is 5.65 Å². The highest BCUT2D eigenvalue weighted by atomic mass is 16.5. The van der Waals surface area contributed by atoms with Gasteiger partial charge < -0.3 is 19.7 Å². The standard InChI is InChI=1S/C24H26N4O3/c1-4-21(30)28-15-10-24(3,11-16(28)13-31-12-15)22-14(2)18-9-19(26-27-23(18)25-22)17-7-5-6-8-20(17)29/h4-9,15-16,29H,1,10-13H2,2-3H3,(H,25,27)/t15-,16+,24?. The summed E-state index contributed by atoms with van der Waals surface area (Å²) in [6.45, 7) is 9.11. The summed E-state index contributed by atoms with van der Waals surface area (Å²) in [5, 5.41) is 20.0. The number of morpholine rings is 1. The summed E-state index contributed by atoms with van der Waals surface area (Å²) in [5.41, 5.74) is 4.16. The topological polar surface area (TPSA) is 91.3 Å². The van der Waals surface area contributed by atoms with Gasteiger partial charge in [0.25, 0.3) is 0 Å². The average Bonchev–Trinajstić information content (AvgIpc) is 3.10. The van der Waals surface area contributed by atoms with Crippen LogP contribution in [0.5, 0.6) is 5.75 Å². The molecule has 2 aliphatic heterocycles. The fourth-order valence-corrected chi connectivity index (χ4v) is 5.45. The molecule has 4 heterocycles. The molecule has 2 aromatic heterocycles. The van der Waals surface area contributed by atoms with Crippen LogP contribution < -0.4 is 0 Å². The van der Waals surface area contributed by atoms with Gasteiger partial charge in [0.1, 0.15) is 5.75 Å². The number of rotatable bonds is 3. The number of benzene rings is 1. The van der Waals surface area contributed by atoms with Crippen molar-refractivity contribution in [2.24, 2.45) is 0 Å². The lowest BCUT2D eigenvalue weighted by molar-refractivity contribution is -0.149. The second-order valence-corrected chi connectivity index (χ2v) is 8.90. The number of nitrogens with zero attached hydrogens (tertiary/aromatic N) is 3. The molecule has 1 unspecified atom stereocenters. The first-order valence-corrected chi connectivity index (χ1v) is 10.6. The smallest absolute Gasteiger partial charge is 0.246 e. The Morgan fingerprint density at radius 3 is 2.68 bits per heavy atom. The maximum Gasteiger partial charge on any atom is 0.246 e. The number of phenols is 1. The third kappa shape index (κ3) is 3.11. The van der Waals surface area contributed by atoms with Gasteiger partial charge in [-0.1, -0.05) is 25.6 Å². The second-order valence-electron chi connectivity index (χ2n) is 8.90. The number of aryl methyl sites for hydroxylation is 1. The number of hydrogen-bond donors (Lipinski definition) is 2. The van der Waals surface area contributed by atoms with Crippen molar-refractivity contribution in [2.45, 2.75) is 44.2 Å². The first kappa shape index (κ1) is 19.8. The van der Waals surface area contributed by atoms with Gasteiger partial charge in [-0.05, 0) is 49.6 Å². The average molecular weight is 418 g/mol. The molecule has 3 atom stereocenters. The van der Waals surface area contributed by atoms with Crippen molar-refractivity contribution in [3.63, 3.8) is 0 Å². The molecule has 0 aliphatic carbocycles. The molecule has 7 nitrogen and oxygen atoms in total. The van der Waals surface area contributed by atoms with Crippen molar-refractivity contribution in [3.8, 4) is 17.0 Å². The molecule has 2 bridgehead atoms. The molecule has 2 aliphatic rings. The monoisotopic (exact) mass is 418 g/mol. The van der Waals surface area contributed by atoms with Crippen LogP contribution in [0.15, 0.2) is 43.0 Å². The Morgan fingerprint density at radius 2 is 2.00 bits per heavy atom. The van der Waals surface area contributed by atoms with E-state index in [2.05, 4.69) is 35.6 Å². The first-order chi connectivity index (χ1) is 14.9. The van der Waals surface area contributed by atoms with Crippen molar-refractivity contribution in [1.29, 1.82) is 0 Å². The molecule has 2 saturated heterocycles. The Hall–Kier alpha value is -3.19. The summed E-state index contributed by atoms with van der Waals surface area (Å²) in [4.78, 5) is 17.9. The summed E-state index contributed by atoms with van der Waals surface area (Å²) in [6.07, 6.45) is 3.01. The van der Waals surface area contributed by atoms with Crippen LogP contribution >= 0.6 is 0 Å². The maximum atomic E-state index is 12.4. The van der Waals surface area contributed by atoms with Crippen LogP contribution in [-0.2, 0) is 14.9 Å². The Kier molecular flexibility index (Phi) is 4.59. The number of nitrogens with one attached hydrogen (secondary N) is 1. The lowest BCUT2D eigenvalue weighted by atomic mass is 9.70. The number of para-hydroxylation sites is 1. The molecule has 7 heteroatoms. The number of fused-ring (bicyclic) bond motifs is 3. The van der Waals surface area contributed by atoms with E-state index in [0.29, 0.717) is 24.5 Å². The van der Waals surface area contributed by atoms with Crippen molar-refractivity contribution < 1.29 is 14.6 Å². The zero-order valence-corrected chi connectivity index (χ0v) is 17.8. The molecule has 3 aromatic rings. The Balaban J connectivity index is 1.55. The van der Waals surface area contributed by atoms with E-state index in [-0.39, 0.29) is 29.2 Å². The van der Waals surface area contributed by atoms with Gasteiger partial charge in [-0.3, -0.25) is 4.79 Å². The minimum atomic E-state index is -0.142. The predicted molar refractivity (Wildman–Crippen MR) is 118 cm³/mol. The highest BCUT2D eigenvalue weighted by Crippen LogP contribution is 2.44. The van der Waals surface area contributed by atoms with Gasteiger partial charge in [0.2, 0.25) is 5.91 Å². The van der Waals surface area contributed by atoms with Gasteiger partial charge in [0.05, 0.1) is 31.0 Å². The normalized spacial score (nSPS) is 25.5. The number of aromatic hydroxyl groups is 1. The number of phenolic OH excluding ortho intramolecular Hbond substituents is 1. The molecular formula is C24H26N4O3. The minimum absolute atomic E-state index is 0.0214. The summed E-state index contributed by atoms with van der Waals surface area (Å²) < 4.78 is 5.77. The molecule has 2 N–H and O–H groups in total. The van der Waals surface area contributed by atoms with E-state index >= 15 is 0 Å². The van der Waals surface area contributed by atoms with Crippen LogP contribution in [0.2, 0.25) is 0 Å². The summed E-state index contributed by atoms with van der Waals surface area (Å²) >= 11 is 0. The zero-order chi connectivity index (χ0) is 21.8. The van der Waals surface area contributed by atoms with E-state index in [1.54, 1.807) is 12.1 Å². The van der Waals surface area contributed by atoms with E-state index < -0.39 is 0 Å². The first-order valence-electron chi connectivity index (χ1n) is 10.6. The minimum Gasteiger partial charge on any atom is -0.507 e. The van der Waals surface area contributed by atoms with E-state index in [0.717, 1.165) is 35.1 Å². The van der Waals surface area contributed by atoms with Crippen molar-refractivity contribution >= 4 is 16.9 Å². The largest absolute Gasteiger partial charge is 0.507 e. The van der Waals surface area contributed by atoms with Crippen LogP contribution in [0.25, 0.3) is 22.3 Å². The van der Waals surface area contributed by atoms with E-state index in [4.69, 9.17) is 4.74 Å². The number of carbonyl (C=O) groups is 1. The van der Waals surface area contributed by atoms with E-state index in [1.165, 1.54) is 6.08 Å². The number of H-pyrrole nitrogens is 1. The third-order valence-electron chi connectivity index (χ3n) is 6.81. The number of piperidine rings is 1. The second kappa shape index (κ2) is 7.20. The summed E-state index contributed by atoms with van der Waals surface area (Å²) in [5.74, 6) is 0.163. The number of ether oxygens (including phenoxy) is 1. The molecular weight excluding hydrogens is 392 g/mol. The molecule has 160 valence electrons. The highest BCUT2D eigenvalue weighted by molar-refractivity contribution is 5.88. The number of hydrogen-bond acceptors (Lipinski definition) is 5. The van der Waals surface area contributed by atoms with Crippen molar-refractivity contribution in [3.05, 3.63) is 54.2 Å². The fourth-order valence-electron chi connectivity index (χ4n) is 5.45. The fraction of sp³-hybridized carbons (Fsp3) is 0.375. The molecule has 5 rings (SSSR count). The van der Waals surface area contributed by atoms with Crippen molar-refractivity contribution in [1.82, 2.24) is 20.1 Å². The van der Waals surface area contributed by atoms with Crippen molar-refractivity contribution in [2.75, 3.05) is 13.2 Å². The van der Waals surface area contributed by atoms with Gasteiger partial charge in [-0.25, -0.2) is 0 Å². The van der Waals surface area contributed by atoms with Gasteiger partial charge >= 0.3 is 0 Å². The maximum absolute atomic E-state index is 12.4. The molecule has 0 saturated carbocycles. The van der Waals surface area contributed by atoms with Gasteiger partial charge in [0, 0.05) is 22.1 Å². The van der Waals surface area contributed by atoms with Crippen LogP contribution in [0.1, 0.15) is 31.0 Å². The highest BCUT2D eigenvalue weighted by Gasteiger charge is 2.48. The lowest BCUT2D eigenvalue weighted by Crippen LogP contribution is -2.61. The third-order valence-corrected chi connectivity index (χ3v) is 6.81. The molecule has 31 heavy (non-hydrogen) atoms. The molecule has 1 aromatic carbocycles. The zero-order valence-electron chi connectivity index (χ0n) is 17.8. The van der Waals surface area contributed by atoms with Gasteiger partial charge in [-0.15, -0.1) is 10.2 Å². The molecule has 0 radical (unpaired) electrons. The lowest BCUT2D eigenvalue weighted by Gasteiger charge is -2.52. The SMILES string of the molecule is C=CC(=O)N1[C@@H]2COC[C@H]1CC(C)(c1[nH]c3nnc(-c4ccccc4O)cc3c1C)C2. The van der Waals surface area contributed by atoms with Crippen LogP contribution in [0.4, 0.5) is 0 Å². The Bertz CT molecular complexity index is 1170. The van der Waals surface area contributed by atoms with Crippen LogP contribution in [0, 0.1) is 6.92 Å². The van der Waals surface area contributed by atoms with E-state index in [9.17, 15) is 9.90 Å². The van der Waals surface area contributed by atoms with E-state index in [1.807, 2.05) is 23.1 Å². The number of amides is 1. The van der Waals surface area contributed by atoms with Gasteiger partial charge in [-0.2, -0.15) is 0 Å². The van der Waals surface area contributed by atoms with Crippen LogP contribution in [-0.4, -0.2) is 56.4 Å². The number of carbonyl (C=O) groups excluding carboxylic acids is 1.